The Hall–Kier alpha value is -0.520. The van der Waals surface area contributed by atoms with Crippen LogP contribution < -0.4 is 5.73 Å². The lowest BCUT2D eigenvalue weighted by Crippen LogP contribution is -2.36. The van der Waals surface area contributed by atoms with Crippen LogP contribution in [0.5, 0.6) is 0 Å². The second-order valence-electron chi connectivity index (χ2n) is 4.58. The van der Waals surface area contributed by atoms with Crippen LogP contribution in [-0.2, 0) is 7.05 Å². The van der Waals surface area contributed by atoms with Gasteiger partial charge in [0.25, 0.3) is 0 Å². The number of nitrogens with zero attached hydrogens (tertiary/aromatic N) is 2. The number of hydrogen-bond donors (Lipinski definition) is 2. The van der Waals surface area contributed by atoms with Crippen LogP contribution in [0.4, 0.5) is 0 Å². The molecule has 0 radical (unpaired) electrons. The van der Waals surface area contributed by atoms with Gasteiger partial charge in [-0.25, -0.2) is 0 Å². The van der Waals surface area contributed by atoms with E-state index in [1.807, 2.05) is 18.7 Å². The van der Waals surface area contributed by atoms with Crippen molar-refractivity contribution in [2.24, 2.45) is 12.8 Å². The van der Waals surface area contributed by atoms with E-state index in [4.69, 9.17) is 5.73 Å². The normalized spacial score (nSPS) is 17.1. The molecule has 0 spiro atoms. The molecule has 0 aliphatic carbocycles. The number of hydrogen-bond acceptors (Lipinski definition) is 4. The van der Waals surface area contributed by atoms with E-state index >= 15 is 0 Å². The van der Waals surface area contributed by atoms with Crippen molar-refractivity contribution in [3.63, 3.8) is 0 Å². The summed E-state index contributed by atoms with van der Waals surface area (Å²) in [6.07, 6.45) is 0.679. The third-order valence-corrected chi connectivity index (χ3v) is 3.64. The SMILES string of the molecule is Cc1cc(SC(C)CC(C)(O)CN)n(C)n1. The van der Waals surface area contributed by atoms with Gasteiger partial charge in [0.1, 0.15) is 0 Å². The van der Waals surface area contributed by atoms with Crippen molar-refractivity contribution >= 4 is 11.8 Å². The first kappa shape index (κ1) is 13.5. The standard InChI is InChI=1S/C11H21N3OS/c1-8-5-10(14(4)13-8)16-9(2)6-11(3,15)7-12/h5,9,15H,6-7,12H2,1-4H3. The first-order valence-corrected chi connectivity index (χ1v) is 6.32. The van der Waals surface area contributed by atoms with Crippen molar-refractivity contribution in [3.05, 3.63) is 11.8 Å². The van der Waals surface area contributed by atoms with Crippen molar-refractivity contribution in [1.29, 1.82) is 0 Å². The van der Waals surface area contributed by atoms with Crippen molar-refractivity contribution in [3.8, 4) is 0 Å². The zero-order valence-corrected chi connectivity index (χ0v) is 11.2. The molecule has 2 atom stereocenters. The molecule has 1 aromatic heterocycles. The van der Waals surface area contributed by atoms with Crippen LogP contribution in [0, 0.1) is 6.92 Å². The lowest BCUT2D eigenvalue weighted by Gasteiger charge is -2.24. The van der Waals surface area contributed by atoms with Crippen LogP contribution in [0.15, 0.2) is 11.1 Å². The molecule has 4 nitrogen and oxygen atoms in total. The molecule has 0 fully saturated rings. The third kappa shape index (κ3) is 3.81. The van der Waals surface area contributed by atoms with E-state index in [1.54, 1.807) is 18.7 Å². The van der Waals surface area contributed by atoms with Gasteiger partial charge in [-0.15, -0.1) is 11.8 Å². The topological polar surface area (TPSA) is 64.1 Å². The Bertz CT molecular complexity index is 349. The summed E-state index contributed by atoms with van der Waals surface area (Å²) in [4.78, 5) is 0. The lowest BCUT2D eigenvalue weighted by molar-refractivity contribution is 0.0608. The van der Waals surface area contributed by atoms with Crippen molar-refractivity contribution in [1.82, 2.24) is 9.78 Å². The van der Waals surface area contributed by atoms with Crippen molar-refractivity contribution in [2.75, 3.05) is 6.54 Å². The number of aliphatic hydroxyl groups is 1. The van der Waals surface area contributed by atoms with Gasteiger partial charge in [-0.05, 0) is 26.3 Å². The molecular weight excluding hydrogens is 222 g/mol. The highest BCUT2D eigenvalue weighted by Gasteiger charge is 2.22. The Labute approximate surface area is 101 Å². The Kier molecular flexibility index (Phi) is 4.41. The van der Waals surface area contributed by atoms with Gasteiger partial charge in [0.2, 0.25) is 0 Å². The summed E-state index contributed by atoms with van der Waals surface area (Å²) in [5, 5.41) is 15.6. The van der Waals surface area contributed by atoms with Gasteiger partial charge in [-0.2, -0.15) is 5.10 Å². The summed E-state index contributed by atoms with van der Waals surface area (Å²) >= 11 is 1.72. The average molecular weight is 243 g/mol. The van der Waals surface area contributed by atoms with E-state index in [2.05, 4.69) is 18.1 Å². The van der Waals surface area contributed by atoms with Crippen molar-refractivity contribution in [2.45, 2.75) is 43.1 Å². The van der Waals surface area contributed by atoms with Crippen molar-refractivity contribution < 1.29 is 5.11 Å². The molecule has 0 saturated carbocycles. The summed E-state index contributed by atoms with van der Waals surface area (Å²) < 4.78 is 1.87. The van der Waals surface area contributed by atoms with E-state index in [0.717, 1.165) is 10.7 Å². The fourth-order valence-corrected chi connectivity index (χ4v) is 2.93. The minimum absolute atomic E-state index is 0.294. The summed E-state index contributed by atoms with van der Waals surface area (Å²) in [7, 11) is 1.93. The maximum atomic E-state index is 9.89. The number of aryl methyl sites for hydroxylation is 2. The summed E-state index contributed by atoms with van der Waals surface area (Å²) in [5.74, 6) is 0. The molecular formula is C11H21N3OS. The second kappa shape index (κ2) is 5.21. The highest BCUT2D eigenvalue weighted by atomic mass is 32.2. The average Bonchev–Trinajstić information content (AvgIpc) is 2.44. The molecule has 3 N–H and O–H groups in total. The lowest BCUT2D eigenvalue weighted by atomic mass is 10.0. The first-order valence-electron chi connectivity index (χ1n) is 5.44. The number of aromatic nitrogens is 2. The minimum atomic E-state index is -0.778. The fourth-order valence-electron chi connectivity index (χ4n) is 1.65. The van der Waals surface area contributed by atoms with Crippen LogP contribution in [0.1, 0.15) is 26.0 Å². The molecule has 0 bridgehead atoms. The van der Waals surface area contributed by atoms with Gasteiger partial charge in [0.15, 0.2) is 0 Å². The van der Waals surface area contributed by atoms with Gasteiger partial charge in [0.05, 0.1) is 16.3 Å². The smallest absolute Gasteiger partial charge is 0.0941 e. The van der Waals surface area contributed by atoms with E-state index in [1.165, 1.54) is 0 Å². The van der Waals surface area contributed by atoms with Gasteiger partial charge in [-0.1, -0.05) is 6.92 Å². The van der Waals surface area contributed by atoms with Crippen LogP contribution >= 0.6 is 11.8 Å². The molecule has 92 valence electrons. The van der Waals surface area contributed by atoms with Crippen LogP contribution in [0.25, 0.3) is 0 Å². The first-order chi connectivity index (χ1) is 7.34. The highest BCUT2D eigenvalue weighted by Crippen LogP contribution is 2.28. The third-order valence-electron chi connectivity index (χ3n) is 2.45. The zero-order valence-electron chi connectivity index (χ0n) is 10.4. The van der Waals surface area contributed by atoms with E-state index < -0.39 is 5.60 Å². The van der Waals surface area contributed by atoms with Gasteiger partial charge >= 0.3 is 0 Å². The molecule has 0 aromatic carbocycles. The monoisotopic (exact) mass is 243 g/mol. The van der Waals surface area contributed by atoms with Gasteiger partial charge in [-0.3, -0.25) is 4.68 Å². The number of thioether (sulfide) groups is 1. The highest BCUT2D eigenvalue weighted by molar-refractivity contribution is 7.99. The van der Waals surface area contributed by atoms with E-state index in [9.17, 15) is 5.11 Å². The molecule has 0 aliphatic heterocycles. The predicted molar refractivity (Wildman–Crippen MR) is 67.6 cm³/mol. The Balaban J connectivity index is 2.58. The Morgan fingerprint density at radius 3 is 2.75 bits per heavy atom. The van der Waals surface area contributed by atoms with Crippen LogP contribution in [0.3, 0.4) is 0 Å². The summed E-state index contributed by atoms with van der Waals surface area (Å²) in [5.41, 5.74) is 5.74. The van der Waals surface area contributed by atoms with Gasteiger partial charge in [0, 0.05) is 18.8 Å². The quantitative estimate of drug-likeness (QED) is 0.765. The molecule has 2 unspecified atom stereocenters. The molecule has 1 aromatic rings. The maximum Gasteiger partial charge on any atom is 0.0941 e. The molecule has 0 amide bonds. The minimum Gasteiger partial charge on any atom is -0.389 e. The largest absolute Gasteiger partial charge is 0.389 e. The molecule has 0 saturated heterocycles. The summed E-state index contributed by atoms with van der Waals surface area (Å²) in [6.45, 7) is 6.14. The molecule has 1 heterocycles. The predicted octanol–water partition coefficient (Wildman–Crippen LogP) is 1.31. The van der Waals surface area contributed by atoms with E-state index in [0.29, 0.717) is 18.2 Å². The number of nitrogens with two attached hydrogens (primary N) is 1. The summed E-state index contributed by atoms with van der Waals surface area (Å²) in [6, 6.07) is 2.05. The molecule has 16 heavy (non-hydrogen) atoms. The maximum absolute atomic E-state index is 9.89. The van der Waals surface area contributed by atoms with Gasteiger partial charge < -0.3 is 10.8 Å². The van der Waals surface area contributed by atoms with E-state index in [-0.39, 0.29) is 0 Å². The molecule has 0 aliphatic rings. The second-order valence-corrected chi connectivity index (χ2v) is 6.04. The number of rotatable bonds is 5. The van der Waals surface area contributed by atoms with Crippen LogP contribution in [0.2, 0.25) is 0 Å². The fraction of sp³-hybridized carbons (Fsp3) is 0.727. The molecule has 1 rings (SSSR count). The van der Waals surface area contributed by atoms with Crippen LogP contribution in [-0.4, -0.2) is 32.3 Å². The Morgan fingerprint density at radius 2 is 2.31 bits per heavy atom. The zero-order chi connectivity index (χ0) is 12.3. The Morgan fingerprint density at radius 1 is 1.69 bits per heavy atom. The molecule has 5 heteroatoms.